The van der Waals surface area contributed by atoms with E-state index in [9.17, 15) is 26.4 Å². The lowest BCUT2D eigenvalue weighted by Gasteiger charge is -2.41. The van der Waals surface area contributed by atoms with Gasteiger partial charge in [0, 0.05) is 12.1 Å². The monoisotopic (exact) mass is 460 g/mol. The molecule has 0 heterocycles. The number of carbonyl (C=O) groups excluding carboxylic acids is 1. The Kier molecular flexibility index (Phi) is 6.77. The molecule has 0 radical (unpaired) electrons. The molecule has 0 unspecified atom stereocenters. The van der Waals surface area contributed by atoms with Gasteiger partial charge in [-0.2, -0.15) is 13.2 Å². The van der Waals surface area contributed by atoms with E-state index in [2.05, 4.69) is 5.32 Å². The number of carbonyl (C=O) groups is 1. The number of nitrogens with two attached hydrogens (primary N) is 1. The number of sulfone groups is 1. The van der Waals surface area contributed by atoms with Crippen LogP contribution in [-0.2, 0) is 20.8 Å². The van der Waals surface area contributed by atoms with Gasteiger partial charge in [-0.15, -0.1) is 0 Å². The van der Waals surface area contributed by atoms with Gasteiger partial charge in [-0.25, -0.2) is 8.42 Å². The topological polar surface area (TPSA) is 89.3 Å². The largest absolute Gasteiger partial charge is 0.416 e. The number of alkyl halides is 3. The van der Waals surface area contributed by atoms with Gasteiger partial charge >= 0.3 is 6.18 Å². The minimum Gasteiger partial charge on any atom is -0.353 e. The van der Waals surface area contributed by atoms with E-state index in [1.54, 1.807) is 13.8 Å². The van der Waals surface area contributed by atoms with E-state index in [0.29, 0.717) is 25.3 Å². The lowest BCUT2D eigenvalue weighted by molar-refractivity contribution is -0.137. The van der Waals surface area contributed by atoms with Crippen molar-refractivity contribution in [3.05, 3.63) is 29.8 Å². The maximum Gasteiger partial charge on any atom is 0.416 e. The summed E-state index contributed by atoms with van der Waals surface area (Å²) in [6.07, 6.45) is 0.742. The zero-order valence-electron chi connectivity index (χ0n) is 17.9. The van der Waals surface area contributed by atoms with Crippen molar-refractivity contribution >= 4 is 15.7 Å². The lowest BCUT2D eigenvalue weighted by Crippen LogP contribution is -2.51. The molecule has 2 aliphatic rings. The highest BCUT2D eigenvalue weighted by Crippen LogP contribution is 2.40. The molecule has 0 spiro atoms. The van der Waals surface area contributed by atoms with Gasteiger partial charge in [0.1, 0.15) is 0 Å². The van der Waals surface area contributed by atoms with Gasteiger partial charge in [0.2, 0.25) is 5.91 Å². The van der Waals surface area contributed by atoms with Crippen LogP contribution < -0.4 is 11.1 Å². The molecule has 174 valence electrons. The second-order valence-electron chi connectivity index (χ2n) is 9.59. The molecule has 3 rings (SSSR count). The third kappa shape index (κ3) is 5.25. The summed E-state index contributed by atoms with van der Waals surface area (Å²) in [5.41, 5.74) is 5.09. The van der Waals surface area contributed by atoms with Crippen LogP contribution in [0.15, 0.2) is 29.2 Å². The van der Waals surface area contributed by atoms with Gasteiger partial charge in [0.05, 0.1) is 21.1 Å². The normalized spacial score (nSPS) is 27.4. The maximum atomic E-state index is 13.1. The van der Waals surface area contributed by atoms with Crippen molar-refractivity contribution in [1.82, 2.24) is 5.32 Å². The van der Waals surface area contributed by atoms with E-state index in [1.165, 1.54) is 6.07 Å². The van der Waals surface area contributed by atoms with Gasteiger partial charge in [-0.1, -0.05) is 18.9 Å². The highest BCUT2D eigenvalue weighted by atomic mass is 32.2. The van der Waals surface area contributed by atoms with Crippen molar-refractivity contribution in [3.63, 3.8) is 0 Å². The van der Waals surface area contributed by atoms with Crippen molar-refractivity contribution < 1.29 is 26.4 Å². The van der Waals surface area contributed by atoms with E-state index in [-0.39, 0.29) is 34.7 Å². The summed E-state index contributed by atoms with van der Waals surface area (Å²) >= 11 is 0. The molecule has 9 heteroatoms. The van der Waals surface area contributed by atoms with E-state index < -0.39 is 26.3 Å². The predicted octanol–water partition coefficient (Wildman–Crippen LogP) is 4.06. The number of rotatable bonds is 6. The number of hydrogen-bond donors (Lipinski definition) is 2. The van der Waals surface area contributed by atoms with Crippen molar-refractivity contribution in [3.8, 4) is 0 Å². The predicted molar refractivity (Wildman–Crippen MR) is 112 cm³/mol. The molecule has 2 saturated carbocycles. The van der Waals surface area contributed by atoms with Crippen molar-refractivity contribution in [2.24, 2.45) is 17.6 Å². The first-order valence-electron chi connectivity index (χ1n) is 10.8. The fourth-order valence-electron chi connectivity index (χ4n) is 4.78. The highest BCUT2D eigenvalue weighted by molar-refractivity contribution is 7.92. The number of benzene rings is 1. The van der Waals surface area contributed by atoms with E-state index in [4.69, 9.17) is 5.73 Å². The van der Waals surface area contributed by atoms with E-state index >= 15 is 0 Å². The van der Waals surface area contributed by atoms with Crippen LogP contribution in [0.3, 0.4) is 0 Å². The Morgan fingerprint density at radius 1 is 1.16 bits per heavy atom. The third-order valence-corrected chi connectivity index (χ3v) is 9.21. The molecule has 1 aromatic carbocycles. The summed E-state index contributed by atoms with van der Waals surface area (Å²) in [5.74, 6) is -0.0991. The molecule has 31 heavy (non-hydrogen) atoms. The van der Waals surface area contributed by atoms with Crippen LogP contribution in [0.1, 0.15) is 64.4 Å². The minimum absolute atomic E-state index is 0.00121. The first-order valence-corrected chi connectivity index (χ1v) is 12.3. The molecule has 0 aliphatic heterocycles. The van der Waals surface area contributed by atoms with Gasteiger partial charge in [-0.05, 0) is 70.1 Å². The van der Waals surface area contributed by atoms with Gasteiger partial charge in [0.15, 0.2) is 9.84 Å². The SMILES string of the molecule is CC(C)(C[C@H]1C[C@@H](NC(=O)[C@@H]2CCCC[C@@H]2N)C1)S(=O)(=O)c1cccc(C(F)(F)F)c1. The molecule has 1 amide bonds. The average molecular weight is 461 g/mol. The second kappa shape index (κ2) is 8.73. The number of halogens is 3. The zero-order valence-corrected chi connectivity index (χ0v) is 18.7. The summed E-state index contributed by atoms with van der Waals surface area (Å²) in [6, 6.07) is 3.79. The molecule has 3 N–H and O–H groups in total. The standard InChI is InChI=1S/C22H31F3N2O3S/c1-21(2,31(29,30)17-7-5-6-15(12-17)22(23,24)25)13-14-10-16(11-14)27-20(28)18-8-3-4-9-19(18)26/h5-7,12,14,16,18-19H,3-4,8-11,13,26H2,1-2H3,(H,27,28)/t14-,16+,18-,19+/m1/s1. The summed E-state index contributed by atoms with van der Waals surface area (Å²) in [4.78, 5) is 12.2. The van der Waals surface area contributed by atoms with Crippen molar-refractivity contribution in [1.29, 1.82) is 0 Å². The molecule has 5 nitrogen and oxygen atoms in total. The van der Waals surface area contributed by atoms with Crippen LogP contribution in [0.5, 0.6) is 0 Å². The molecule has 0 bridgehead atoms. The molecular weight excluding hydrogens is 429 g/mol. The van der Waals surface area contributed by atoms with Crippen molar-refractivity contribution in [2.75, 3.05) is 0 Å². The Hall–Kier alpha value is -1.61. The number of hydrogen-bond acceptors (Lipinski definition) is 4. The minimum atomic E-state index is -4.60. The van der Waals surface area contributed by atoms with Crippen LogP contribution in [0.25, 0.3) is 0 Å². The Morgan fingerprint density at radius 3 is 2.42 bits per heavy atom. The molecule has 2 atom stereocenters. The van der Waals surface area contributed by atoms with Crippen LogP contribution in [0, 0.1) is 11.8 Å². The Bertz CT molecular complexity index is 909. The van der Waals surface area contributed by atoms with E-state index in [1.807, 2.05) is 0 Å². The first-order chi connectivity index (χ1) is 14.3. The highest BCUT2D eigenvalue weighted by Gasteiger charge is 2.43. The maximum absolute atomic E-state index is 13.1. The van der Waals surface area contributed by atoms with Gasteiger partial charge < -0.3 is 11.1 Å². The number of amides is 1. The van der Waals surface area contributed by atoms with Crippen molar-refractivity contribution in [2.45, 2.75) is 86.7 Å². The van der Waals surface area contributed by atoms with E-state index in [0.717, 1.165) is 37.8 Å². The fraction of sp³-hybridized carbons (Fsp3) is 0.682. The molecular formula is C22H31F3N2O3S. The zero-order chi connectivity index (χ0) is 23.0. The first kappa shape index (κ1) is 24.0. The Labute approximate surface area is 181 Å². The van der Waals surface area contributed by atoms with Crippen LogP contribution >= 0.6 is 0 Å². The smallest absolute Gasteiger partial charge is 0.353 e. The summed E-state index contributed by atoms with van der Waals surface area (Å²) in [7, 11) is -3.96. The van der Waals surface area contributed by atoms with Gasteiger partial charge in [0.25, 0.3) is 0 Å². The Balaban J connectivity index is 1.58. The molecule has 1 aromatic rings. The summed E-state index contributed by atoms with van der Waals surface area (Å²) in [5, 5.41) is 3.03. The fourth-order valence-corrected chi connectivity index (χ4v) is 6.41. The lowest BCUT2D eigenvalue weighted by atomic mass is 9.75. The Morgan fingerprint density at radius 2 is 1.81 bits per heavy atom. The summed E-state index contributed by atoms with van der Waals surface area (Å²) in [6.45, 7) is 3.10. The average Bonchev–Trinajstić information content (AvgIpc) is 2.65. The van der Waals surface area contributed by atoms with Crippen LogP contribution in [-0.4, -0.2) is 31.2 Å². The molecule has 2 fully saturated rings. The number of nitrogens with one attached hydrogen (secondary N) is 1. The second-order valence-corrected chi connectivity index (χ2v) is 12.2. The molecule has 2 aliphatic carbocycles. The molecule has 0 saturated heterocycles. The van der Waals surface area contributed by atoms with Crippen LogP contribution in [0.2, 0.25) is 0 Å². The van der Waals surface area contributed by atoms with Gasteiger partial charge in [-0.3, -0.25) is 4.79 Å². The molecule has 0 aromatic heterocycles. The summed E-state index contributed by atoms with van der Waals surface area (Å²) < 4.78 is 63.9. The quantitative estimate of drug-likeness (QED) is 0.670. The third-order valence-electron chi connectivity index (χ3n) is 6.72. The van der Waals surface area contributed by atoms with Crippen LogP contribution in [0.4, 0.5) is 13.2 Å².